The molecule has 1 rings (SSSR count). The lowest BCUT2D eigenvalue weighted by Gasteiger charge is -2.26. The molecule has 1 aliphatic heterocycles. The fourth-order valence-corrected chi connectivity index (χ4v) is 3.17. The summed E-state index contributed by atoms with van der Waals surface area (Å²) in [5.74, 6) is 0.829. The molecule has 1 aliphatic rings. The maximum Gasteiger partial charge on any atom is 0.157 e. The summed E-state index contributed by atoms with van der Waals surface area (Å²) in [5.41, 5.74) is 0. The van der Waals surface area contributed by atoms with Crippen LogP contribution in [0, 0.1) is 5.92 Å². The zero-order valence-corrected chi connectivity index (χ0v) is 11.9. The molecule has 0 bridgehead atoms. The van der Waals surface area contributed by atoms with Gasteiger partial charge in [-0.1, -0.05) is 45.4 Å². The van der Waals surface area contributed by atoms with E-state index in [-0.39, 0.29) is 0 Å². The van der Waals surface area contributed by atoms with Crippen LogP contribution in [-0.4, -0.2) is 23.0 Å². The van der Waals surface area contributed by atoms with E-state index in [2.05, 4.69) is 38.0 Å². The summed E-state index contributed by atoms with van der Waals surface area (Å²) in [6.45, 7) is 10.1. The summed E-state index contributed by atoms with van der Waals surface area (Å²) in [6, 6.07) is 0.589. The third kappa shape index (κ3) is 5.78. The maximum atomic E-state index is 4.65. The Balaban J connectivity index is 2.18. The minimum absolute atomic E-state index is 0.589. The van der Waals surface area contributed by atoms with E-state index in [4.69, 9.17) is 0 Å². The van der Waals surface area contributed by atoms with Crippen molar-refractivity contribution in [1.82, 2.24) is 5.32 Å². The Morgan fingerprint density at radius 3 is 2.75 bits per heavy atom. The first-order chi connectivity index (χ1) is 7.58. The molecule has 0 aliphatic carbocycles. The molecule has 0 aromatic carbocycles. The summed E-state index contributed by atoms with van der Waals surface area (Å²) in [5, 5.41) is 5.34. The van der Waals surface area contributed by atoms with Crippen LogP contribution in [-0.2, 0) is 0 Å². The lowest BCUT2D eigenvalue weighted by molar-refractivity contribution is 0.541. The van der Waals surface area contributed by atoms with Crippen LogP contribution in [0.2, 0.25) is 0 Å². The summed E-state index contributed by atoms with van der Waals surface area (Å²) >= 11 is 1.89. The van der Waals surface area contributed by atoms with Crippen LogP contribution in [0.5, 0.6) is 0 Å². The molecule has 2 unspecified atom stereocenters. The minimum atomic E-state index is 0.589. The second kappa shape index (κ2) is 7.21. The highest BCUT2D eigenvalue weighted by Gasteiger charge is 2.19. The van der Waals surface area contributed by atoms with Gasteiger partial charge in [0.1, 0.15) is 0 Å². The first-order valence-electron chi connectivity index (χ1n) is 6.55. The van der Waals surface area contributed by atoms with E-state index < -0.39 is 0 Å². The second-order valence-corrected chi connectivity index (χ2v) is 6.71. The van der Waals surface area contributed by atoms with Crippen molar-refractivity contribution in [2.75, 3.05) is 6.54 Å². The van der Waals surface area contributed by atoms with Crippen molar-refractivity contribution in [1.29, 1.82) is 0 Å². The van der Waals surface area contributed by atoms with Gasteiger partial charge in [0.25, 0.3) is 0 Å². The predicted molar refractivity (Wildman–Crippen MR) is 75.3 cm³/mol. The SMILES string of the molecule is CC(C)CCCCN=C1NC(C)CC(C)S1. The summed E-state index contributed by atoms with van der Waals surface area (Å²) in [7, 11) is 0. The Labute approximate surface area is 105 Å². The molecule has 0 spiro atoms. The lowest BCUT2D eigenvalue weighted by Crippen LogP contribution is -2.38. The molecule has 3 heteroatoms. The van der Waals surface area contributed by atoms with Gasteiger partial charge in [0, 0.05) is 17.8 Å². The van der Waals surface area contributed by atoms with Crippen LogP contribution < -0.4 is 5.32 Å². The van der Waals surface area contributed by atoms with Crippen molar-refractivity contribution in [3.8, 4) is 0 Å². The summed E-state index contributed by atoms with van der Waals surface area (Å²) < 4.78 is 0. The highest BCUT2D eigenvalue weighted by molar-refractivity contribution is 8.14. The van der Waals surface area contributed by atoms with Crippen LogP contribution in [0.1, 0.15) is 53.4 Å². The number of aliphatic imine (C=N–C) groups is 1. The maximum absolute atomic E-state index is 4.65. The first kappa shape index (κ1) is 13.9. The highest BCUT2D eigenvalue weighted by atomic mass is 32.2. The number of nitrogens with one attached hydrogen (secondary N) is 1. The molecule has 0 amide bonds. The van der Waals surface area contributed by atoms with Crippen molar-refractivity contribution >= 4 is 16.9 Å². The Hall–Kier alpha value is -0.180. The number of hydrogen-bond acceptors (Lipinski definition) is 2. The molecule has 94 valence electrons. The Morgan fingerprint density at radius 2 is 2.12 bits per heavy atom. The van der Waals surface area contributed by atoms with Gasteiger partial charge < -0.3 is 5.32 Å². The average Bonchev–Trinajstić information content (AvgIpc) is 2.15. The number of nitrogens with zero attached hydrogens (tertiary/aromatic N) is 1. The number of unbranched alkanes of at least 4 members (excludes halogenated alkanes) is 1. The van der Waals surface area contributed by atoms with Gasteiger partial charge in [-0.15, -0.1) is 0 Å². The van der Waals surface area contributed by atoms with Crippen molar-refractivity contribution in [3.05, 3.63) is 0 Å². The van der Waals surface area contributed by atoms with Crippen molar-refractivity contribution in [3.63, 3.8) is 0 Å². The lowest BCUT2D eigenvalue weighted by atomic mass is 10.1. The van der Waals surface area contributed by atoms with Crippen molar-refractivity contribution in [2.45, 2.75) is 64.7 Å². The molecule has 1 N–H and O–H groups in total. The van der Waals surface area contributed by atoms with Gasteiger partial charge in [0.2, 0.25) is 0 Å². The van der Waals surface area contributed by atoms with Gasteiger partial charge in [-0.05, 0) is 25.7 Å². The van der Waals surface area contributed by atoms with E-state index in [0.717, 1.165) is 17.6 Å². The standard InChI is InChI=1S/C13H26N2S/c1-10(2)7-5-6-8-14-13-15-11(3)9-12(4)16-13/h10-12H,5-9H2,1-4H3,(H,14,15). The monoisotopic (exact) mass is 242 g/mol. The van der Waals surface area contributed by atoms with Crippen LogP contribution in [0.4, 0.5) is 0 Å². The molecule has 1 saturated heterocycles. The molecule has 2 nitrogen and oxygen atoms in total. The molecule has 0 saturated carbocycles. The third-order valence-electron chi connectivity index (χ3n) is 2.81. The minimum Gasteiger partial charge on any atom is -0.362 e. The summed E-state index contributed by atoms with van der Waals surface area (Å²) in [6.07, 6.45) is 5.12. The Bertz CT molecular complexity index is 214. The fraction of sp³-hybridized carbons (Fsp3) is 0.923. The van der Waals surface area contributed by atoms with E-state index in [9.17, 15) is 0 Å². The van der Waals surface area contributed by atoms with Gasteiger partial charge in [0.15, 0.2) is 5.17 Å². The van der Waals surface area contributed by atoms with Gasteiger partial charge in [-0.25, -0.2) is 0 Å². The third-order valence-corrected chi connectivity index (χ3v) is 3.88. The quantitative estimate of drug-likeness (QED) is 0.744. The molecule has 0 aromatic rings. The van der Waals surface area contributed by atoms with Crippen LogP contribution in [0.15, 0.2) is 4.99 Å². The molecule has 0 aromatic heterocycles. The molecular formula is C13H26N2S. The zero-order chi connectivity index (χ0) is 12.0. The molecule has 16 heavy (non-hydrogen) atoms. The molecule has 2 atom stereocenters. The van der Waals surface area contributed by atoms with E-state index in [1.807, 2.05) is 11.8 Å². The van der Waals surface area contributed by atoms with E-state index in [1.165, 1.54) is 25.7 Å². The van der Waals surface area contributed by atoms with Crippen LogP contribution in [0.3, 0.4) is 0 Å². The van der Waals surface area contributed by atoms with Gasteiger partial charge in [0.05, 0.1) is 0 Å². The van der Waals surface area contributed by atoms with E-state index in [1.54, 1.807) is 0 Å². The first-order valence-corrected chi connectivity index (χ1v) is 7.43. The predicted octanol–water partition coefficient (Wildman–Crippen LogP) is 3.67. The molecule has 0 radical (unpaired) electrons. The van der Waals surface area contributed by atoms with Crippen LogP contribution >= 0.6 is 11.8 Å². The second-order valence-electron chi connectivity index (χ2n) is 5.29. The number of rotatable bonds is 5. The molecular weight excluding hydrogens is 216 g/mol. The Morgan fingerprint density at radius 1 is 1.38 bits per heavy atom. The number of hydrogen-bond donors (Lipinski definition) is 1. The molecule has 1 heterocycles. The summed E-state index contributed by atoms with van der Waals surface area (Å²) in [4.78, 5) is 4.65. The van der Waals surface area contributed by atoms with Gasteiger partial charge in [-0.2, -0.15) is 0 Å². The van der Waals surface area contributed by atoms with Gasteiger partial charge in [-0.3, -0.25) is 4.99 Å². The largest absolute Gasteiger partial charge is 0.362 e. The number of amidine groups is 1. The smallest absolute Gasteiger partial charge is 0.157 e. The fourth-order valence-electron chi connectivity index (χ4n) is 1.97. The van der Waals surface area contributed by atoms with Crippen molar-refractivity contribution in [2.24, 2.45) is 10.9 Å². The van der Waals surface area contributed by atoms with Gasteiger partial charge >= 0.3 is 0 Å². The number of thioether (sulfide) groups is 1. The van der Waals surface area contributed by atoms with Crippen molar-refractivity contribution < 1.29 is 0 Å². The Kier molecular flexibility index (Phi) is 6.25. The zero-order valence-electron chi connectivity index (χ0n) is 11.1. The van der Waals surface area contributed by atoms with E-state index in [0.29, 0.717) is 11.3 Å². The highest BCUT2D eigenvalue weighted by Crippen LogP contribution is 2.22. The topological polar surface area (TPSA) is 24.4 Å². The van der Waals surface area contributed by atoms with E-state index >= 15 is 0 Å². The van der Waals surface area contributed by atoms with Crippen LogP contribution in [0.25, 0.3) is 0 Å². The average molecular weight is 242 g/mol. The molecule has 1 fully saturated rings. The normalized spacial score (nSPS) is 28.4.